The maximum atomic E-state index is 13.7. The van der Waals surface area contributed by atoms with Crippen LogP contribution in [0.15, 0.2) is 36.4 Å². The lowest BCUT2D eigenvalue weighted by molar-refractivity contribution is -0.143. The lowest BCUT2D eigenvalue weighted by atomic mass is 10.0. The van der Waals surface area contributed by atoms with E-state index in [2.05, 4.69) is 42.2 Å². The average molecular weight is 754 g/mol. The van der Waals surface area contributed by atoms with Gasteiger partial charge in [0, 0.05) is 37.7 Å². The summed E-state index contributed by atoms with van der Waals surface area (Å²) in [5, 5.41) is 18.8. The molecule has 0 saturated carbocycles. The van der Waals surface area contributed by atoms with Gasteiger partial charge in [0.15, 0.2) is 0 Å². The number of likely N-dealkylation sites (tertiary alicyclic amines) is 1. The molecule has 1 aliphatic rings. The number of methoxy groups -OCH3 is 1. The van der Waals surface area contributed by atoms with Gasteiger partial charge >= 0.3 is 18.8 Å². The molecule has 4 rings (SSSR count). The highest BCUT2D eigenvalue weighted by molar-refractivity contribution is 7.20. The van der Waals surface area contributed by atoms with E-state index in [1.54, 1.807) is 19.1 Å². The van der Waals surface area contributed by atoms with Crippen LogP contribution >= 0.6 is 11.3 Å². The lowest BCUT2D eigenvalue weighted by Gasteiger charge is -2.33. The highest BCUT2D eigenvalue weighted by atomic mass is 32.1. The largest absolute Gasteiger partial charge is 0.467 e. The minimum absolute atomic E-state index is 0.0160. The number of β-amino-alcohol motifs (C(OH)–C–C–N with tert-alkyl or cyclic N) is 1. The van der Waals surface area contributed by atoms with Crippen LogP contribution in [0.2, 0.25) is 0 Å². The number of aliphatic hydroxyl groups excluding tert-OH is 1. The van der Waals surface area contributed by atoms with Crippen LogP contribution in [-0.4, -0.2) is 92.1 Å². The SMILES string of the molecule is COC(=O)C(CCC(N)=O)NC(=O)c1ccc(NCC#Cc2sc3c(NC4CCN(CC(C)O)CC4)cccc3c2CC(F)(F)F)c(OC(F)F)c1. The molecule has 2 unspecified atom stereocenters. The summed E-state index contributed by atoms with van der Waals surface area (Å²) in [5.41, 5.74) is 5.73. The van der Waals surface area contributed by atoms with Crippen molar-refractivity contribution in [2.45, 2.75) is 70.0 Å². The van der Waals surface area contributed by atoms with Crippen LogP contribution in [0.25, 0.3) is 10.1 Å². The predicted molar refractivity (Wildman–Crippen MR) is 186 cm³/mol. The number of hydrogen-bond donors (Lipinski definition) is 5. The monoisotopic (exact) mass is 753 g/mol. The third kappa shape index (κ3) is 11.7. The summed E-state index contributed by atoms with van der Waals surface area (Å²) < 4.78 is 77.7. The number of halogens is 5. The zero-order valence-electron chi connectivity index (χ0n) is 28.4. The van der Waals surface area contributed by atoms with Gasteiger partial charge in [0.1, 0.15) is 11.8 Å². The summed E-state index contributed by atoms with van der Waals surface area (Å²) >= 11 is 1.13. The summed E-state index contributed by atoms with van der Waals surface area (Å²) in [5.74, 6) is 2.76. The number of nitrogens with zero attached hydrogens (tertiary/aromatic N) is 1. The summed E-state index contributed by atoms with van der Waals surface area (Å²) in [7, 11) is 1.09. The zero-order chi connectivity index (χ0) is 38.0. The van der Waals surface area contributed by atoms with Crippen molar-refractivity contribution in [2.75, 3.05) is 43.9 Å². The Morgan fingerprint density at radius 2 is 1.87 bits per heavy atom. The molecule has 2 aromatic carbocycles. The summed E-state index contributed by atoms with van der Waals surface area (Å²) in [6.07, 6.45) is -4.91. The fourth-order valence-corrected chi connectivity index (χ4v) is 6.97. The van der Waals surface area contributed by atoms with Gasteiger partial charge in [-0.3, -0.25) is 9.59 Å². The van der Waals surface area contributed by atoms with Crippen molar-refractivity contribution < 1.29 is 50.9 Å². The zero-order valence-corrected chi connectivity index (χ0v) is 29.3. The van der Waals surface area contributed by atoms with E-state index in [4.69, 9.17) is 5.73 Å². The fourth-order valence-electron chi connectivity index (χ4n) is 5.80. The topological polar surface area (TPSA) is 155 Å². The Morgan fingerprint density at radius 3 is 2.50 bits per heavy atom. The quantitative estimate of drug-likeness (QED) is 0.0832. The molecule has 2 amide bonds. The molecule has 1 aliphatic heterocycles. The van der Waals surface area contributed by atoms with Crippen LogP contribution in [0.3, 0.4) is 0 Å². The number of amides is 2. The first-order valence-electron chi connectivity index (χ1n) is 16.4. The molecule has 0 spiro atoms. The number of ether oxygens (including phenoxy) is 2. The minimum atomic E-state index is -4.50. The van der Waals surface area contributed by atoms with Crippen LogP contribution in [0, 0.1) is 11.8 Å². The second kappa shape index (κ2) is 18.2. The highest BCUT2D eigenvalue weighted by Gasteiger charge is 2.31. The van der Waals surface area contributed by atoms with E-state index < -0.39 is 54.9 Å². The number of carbonyl (C=O) groups excluding carboxylic acids is 3. The number of rotatable bonds is 15. The number of esters is 1. The van der Waals surface area contributed by atoms with E-state index in [1.165, 1.54) is 12.1 Å². The van der Waals surface area contributed by atoms with Gasteiger partial charge in [-0.2, -0.15) is 22.0 Å². The number of aliphatic hydroxyl groups is 1. The molecule has 52 heavy (non-hydrogen) atoms. The summed E-state index contributed by atoms with van der Waals surface area (Å²) in [6, 6.07) is 7.56. The number of piperidine rings is 1. The average Bonchev–Trinajstić information content (AvgIpc) is 3.41. The van der Waals surface area contributed by atoms with Crippen molar-refractivity contribution in [3.05, 3.63) is 52.4 Å². The van der Waals surface area contributed by atoms with Gasteiger partial charge in [-0.1, -0.05) is 24.0 Å². The Balaban J connectivity index is 1.52. The van der Waals surface area contributed by atoms with Gasteiger partial charge in [-0.05, 0) is 61.4 Å². The standard InChI is InChI=1S/C35H40F5N5O6S/c1-20(46)19-45-15-12-22(13-16-45)43-26-6-3-5-23-24(18-35(38,39)40)29(52-31(23)26)7-4-14-42-25-9-8-21(17-28(25)51-34(36)37)32(48)44-27(33(49)50-2)10-11-30(41)47/h3,5-6,8-9,17,20,22,27,34,42-43,46H,10-16,18-19H2,1-2H3,(H2,41,47)(H,44,48). The number of anilines is 2. The van der Waals surface area contributed by atoms with Crippen molar-refractivity contribution in [3.8, 4) is 17.6 Å². The van der Waals surface area contributed by atoms with Gasteiger partial charge in [-0.25, -0.2) is 4.79 Å². The molecule has 2 atom stereocenters. The first kappa shape index (κ1) is 40.1. The summed E-state index contributed by atoms with van der Waals surface area (Å²) in [4.78, 5) is 38.5. The molecule has 0 aliphatic carbocycles. The fraction of sp³-hybridized carbons (Fsp3) is 0.457. The van der Waals surface area contributed by atoms with E-state index >= 15 is 0 Å². The number of hydrogen-bond acceptors (Lipinski definition) is 10. The maximum Gasteiger partial charge on any atom is 0.393 e. The van der Waals surface area contributed by atoms with E-state index in [0.29, 0.717) is 22.3 Å². The molecular weight excluding hydrogens is 713 g/mol. The van der Waals surface area contributed by atoms with Gasteiger partial charge in [0.2, 0.25) is 5.91 Å². The number of alkyl halides is 5. The van der Waals surface area contributed by atoms with Gasteiger partial charge in [-0.15, -0.1) is 11.3 Å². The molecule has 1 fully saturated rings. The maximum absolute atomic E-state index is 13.7. The van der Waals surface area contributed by atoms with Crippen molar-refractivity contribution in [3.63, 3.8) is 0 Å². The van der Waals surface area contributed by atoms with E-state index in [1.807, 2.05) is 6.07 Å². The number of primary amides is 1. The van der Waals surface area contributed by atoms with E-state index in [0.717, 1.165) is 50.4 Å². The molecule has 1 aromatic heterocycles. The lowest BCUT2D eigenvalue weighted by Crippen LogP contribution is -2.42. The molecule has 1 saturated heterocycles. The molecule has 2 heterocycles. The number of nitrogens with two attached hydrogens (primary N) is 1. The van der Waals surface area contributed by atoms with Crippen molar-refractivity contribution in [1.29, 1.82) is 0 Å². The molecule has 0 radical (unpaired) electrons. The minimum Gasteiger partial charge on any atom is -0.467 e. The van der Waals surface area contributed by atoms with E-state index in [-0.39, 0.29) is 47.1 Å². The van der Waals surface area contributed by atoms with Crippen LogP contribution in [-0.2, 0) is 20.7 Å². The number of thiophene rings is 1. The van der Waals surface area contributed by atoms with Gasteiger partial charge < -0.3 is 41.2 Å². The van der Waals surface area contributed by atoms with Gasteiger partial charge in [0.05, 0.1) is 47.1 Å². The Labute approximate surface area is 301 Å². The second-order valence-electron chi connectivity index (χ2n) is 12.3. The Kier molecular flexibility index (Phi) is 14.0. The van der Waals surface area contributed by atoms with Crippen molar-refractivity contribution >= 4 is 50.6 Å². The van der Waals surface area contributed by atoms with Gasteiger partial charge in [0.25, 0.3) is 5.91 Å². The summed E-state index contributed by atoms with van der Waals surface area (Å²) in [6.45, 7) is 0.415. The van der Waals surface area contributed by atoms with Crippen LogP contribution < -0.4 is 26.4 Å². The molecular formula is C35H40F5N5O6S. The Morgan fingerprint density at radius 1 is 1.13 bits per heavy atom. The van der Waals surface area contributed by atoms with Crippen molar-refractivity contribution in [1.82, 2.24) is 10.2 Å². The third-order valence-corrected chi connectivity index (χ3v) is 9.36. The number of benzene rings is 2. The smallest absolute Gasteiger partial charge is 0.393 e. The Hall–Kier alpha value is -4.66. The predicted octanol–water partition coefficient (Wildman–Crippen LogP) is 4.87. The molecule has 11 nitrogen and oxygen atoms in total. The number of carbonyl (C=O) groups is 3. The Bertz CT molecular complexity index is 1780. The molecule has 6 N–H and O–H groups in total. The second-order valence-corrected chi connectivity index (χ2v) is 13.3. The highest BCUT2D eigenvalue weighted by Crippen LogP contribution is 2.39. The van der Waals surface area contributed by atoms with Crippen LogP contribution in [0.5, 0.6) is 5.75 Å². The molecule has 3 aromatic rings. The first-order valence-corrected chi connectivity index (χ1v) is 17.2. The normalized spacial score (nSPS) is 15.0. The molecule has 0 bridgehead atoms. The molecule has 282 valence electrons. The van der Waals surface area contributed by atoms with Crippen LogP contribution in [0.1, 0.15) is 53.4 Å². The number of fused-ring (bicyclic) bond motifs is 1. The first-order chi connectivity index (χ1) is 24.6. The molecule has 17 heteroatoms. The van der Waals surface area contributed by atoms with E-state index in [9.17, 15) is 41.4 Å². The third-order valence-electron chi connectivity index (χ3n) is 8.16. The van der Waals surface area contributed by atoms with Crippen molar-refractivity contribution in [2.24, 2.45) is 5.73 Å². The van der Waals surface area contributed by atoms with Crippen LogP contribution in [0.4, 0.5) is 33.3 Å². The number of nitrogens with one attached hydrogen (secondary N) is 3.